The first-order chi connectivity index (χ1) is 11.7. The van der Waals surface area contributed by atoms with Crippen molar-refractivity contribution in [2.24, 2.45) is 0 Å². The monoisotopic (exact) mass is 348 g/mol. The van der Waals surface area contributed by atoms with Crippen molar-refractivity contribution in [3.05, 3.63) is 46.7 Å². The number of carbonyl (C=O) groups excluding carboxylic acids is 2. The highest BCUT2D eigenvalue weighted by Gasteiger charge is 2.09. The lowest BCUT2D eigenvalue weighted by Gasteiger charge is -2.12. The molecule has 0 aliphatic heterocycles. The van der Waals surface area contributed by atoms with Gasteiger partial charge in [0, 0.05) is 11.3 Å². The number of hydrogen-bond donors (Lipinski definition) is 2. The molecule has 2 rings (SSSR count). The van der Waals surface area contributed by atoms with Gasteiger partial charge in [0.25, 0.3) is 5.91 Å². The molecule has 0 saturated carbocycles. The van der Waals surface area contributed by atoms with E-state index in [1.165, 1.54) is 0 Å². The number of hydrazine groups is 1. The predicted octanol–water partition coefficient (Wildman–Crippen LogP) is 2.31. The topological polar surface area (TPSA) is 76.7 Å². The predicted molar refractivity (Wildman–Crippen MR) is 92.0 cm³/mol. The summed E-state index contributed by atoms with van der Waals surface area (Å²) in [4.78, 5) is 24.5. The van der Waals surface area contributed by atoms with Crippen LogP contribution in [0, 0.1) is 0 Å². The Morgan fingerprint density at radius 3 is 2.38 bits per heavy atom. The zero-order valence-electron chi connectivity index (χ0n) is 13.4. The van der Waals surface area contributed by atoms with E-state index in [0.29, 0.717) is 30.9 Å². The summed E-state index contributed by atoms with van der Waals surface area (Å²) in [5.41, 5.74) is 4.71. The summed E-state index contributed by atoms with van der Waals surface area (Å²) < 4.78 is 10.8. The summed E-state index contributed by atoms with van der Waals surface area (Å²) in [6.45, 7) is 2.16. The third-order valence-electron chi connectivity index (χ3n) is 3.03. The Hall–Kier alpha value is -2.54. The Labute approximate surface area is 144 Å². The minimum Gasteiger partial charge on any atom is -0.490 e. The van der Waals surface area contributed by atoms with E-state index in [4.69, 9.17) is 9.47 Å². The molecule has 0 aliphatic rings. The first kappa shape index (κ1) is 17.8. The van der Waals surface area contributed by atoms with E-state index in [1.807, 2.05) is 30.5 Å². The number of carbonyl (C=O) groups is 2. The first-order valence-electron chi connectivity index (χ1n) is 7.63. The number of thiophene rings is 1. The molecule has 0 atom stereocenters. The number of benzene rings is 1. The van der Waals surface area contributed by atoms with Crippen molar-refractivity contribution in [1.82, 2.24) is 10.9 Å². The highest BCUT2D eigenvalue weighted by Crippen LogP contribution is 2.26. The highest BCUT2D eigenvalue weighted by molar-refractivity contribution is 7.09. The van der Waals surface area contributed by atoms with Crippen LogP contribution in [0.4, 0.5) is 0 Å². The summed E-state index contributed by atoms with van der Waals surface area (Å²) in [7, 11) is 0. The lowest BCUT2D eigenvalue weighted by Crippen LogP contribution is -2.43. The number of nitrogens with one attached hydrogen (secondary N) is 2. The molecule has 2 amide bonds. The highest BCUT2D eigenvalue weighted by atomic mass is 32.1. The second-order valence-electron chi connectivity index (χ2n) is 4.84. The minimum atomic E-state index is -0.439. The average Bonchev–Trinajstić information content (AvgIpc) is 3.11. The van der Waals surface area contributed by atoms with Crippen LogP contribution in [0.5, 0.6) is 11.5 Å². The molecule has 0 radical (unpaired) electrons. The molecule has 0 aliphatic carbocycles. The summed E-state index contributed by atoms with van der Waals surface area (Å²) >= 11 is 1.60. The maximum Gasteiger partial charge on any atom is 0.276 e. The van der Waals surface area contributed by atoms with Crippen LogP contribution in [0.1, 0.15) is 18.2 Å². The lowest BCUT2D eigenvalue weighted by molar-refractivity contribution is -0.130. The summed E-state index contributed by atoms with van der Waals surface area (Å²) in [6, 6.07) is 11.0. The molecule has 0 saturated heterocycles. The SMILES string of the molecule is CCOc1ccccc1OCC(=O)NNC(=O)CCc1cccs1. The summed E-state index contributed by atoms with van der Waals surface area (Å²) in [5.74, 6) is 0.378. The van der Waals surface area contributed by atoms with E-state index in [0.717, 1.165) is 4.88 Å². The number of amides is 2. The van der Waals surface area contributed by atoms with Crippen LogP contribution >= 0.6 is 11.3 Å². The van der Waals surface area contributed by atoms with Gasteiger partial charge in [-0.2, -0.15) is 0 Å². The van der Waals surface area contributed by atoms with Gasteiger partial charge in [0.05, 0.1) is 6.61 Å². The second-order valence-corrected chi connectivity index (χ2v) is 5.88. The summed E-state index contributed by atoms with van der Waals surface area (Å²) in [5, 5.41) is 1.96. The van der Waals surface area contributed by atoms with Crippen LogP contribution in [0.3, 0.4) is 0 Å². The van der Waals surface area contributed by atoms with Crippen molar-refractivity contribution in [3.8, 4) is 11.5 Å². The Balaban J connectivity index is 1.68. The van der Waals surface area contributed by atoms with Crippen molar-refractivity contribution in [3.63, 3.8) is 0 Å². The van der Waals surface area contributed by atoms with E-state index >= 15 is 0 Å². The fourth-order valence-corrected chi connectivity index (χ4v) is 2.63. The third kappa shape index (κ3) is 5.92. The molecule has 1 aromatic carbocycles. The molecular weight excluding hydrogens is 328 g/mol. The van der Waals surface area contributed by atoms with Gasteiger partial charge >= 0.3 is 0 Å². The fourth-order valence-electron chi connectivity index (χ4n) is 1.92. The molecule has 0 bridgehead atoms. The number of rotatable bonds is 8. The van der Waals surface area contributed by atoms with Crippen LogP contribution in [0.25, 0.3) is 0 Å². The van der Waals surface area contributed by atoms with Crippen LogP contribution in [-0.4, -0.2) is 25.0 Å². The molecule has 0 fully saturated rings. The van der Waals surface area contributed by atoms with E-state index in [9.17, 15) is 9.59 Å². The van der Waals surface area contributed by atoms with E-state index in [2.05, 4.69) is 10.9 Å². The molecule has 1 heterocycles. The van der Waals surface area contributed by atoms with E-state index in [1.54, 1.807) is 29.5 Å². The van der Waals surface area contributed by atoms with Gasteiger partial charge in [-0.15, -0.1) is 11.3 Å². The molecule has 0 spiro atoms. The lowest BCUT2D eigenvalue weighted by atomic mass is 10.2. The molecule has 2 aromatic rings. The standard InChI is InChI=1S/C17H20N2O4S/c1-2-22-14-7-3-4-8-15(14)23-12-17(21)19-18-16(20)10-9-13-6-5-11-24-13/h3-8,11H,2,9-10,12H2,1H3,(H,18,20)(H,19,21). The van der Waals surface area contributed by atoms with Gasteiger partial charge in [-0.3, -0.25) is 20.4 Å². The Kier molecular flexibility index (Phi) is 7.10. The smallest absolute Gasteiger partial charge is 0.276 e. The number of ether oxygens (including phenoxy) is 2. The zero-order valence-corrected chi connectivity index (χ0v) is 14.2. The number of hydrogen-bond acceptors (Lipinski definition) is 5. The largest absolute Gasteiger partial charge is 0.490 e. The van der Waals surface area contributed by atoms with Crippen LogP contribution in [0.15, 0.2) is 41.8 Å². The summed E-state index contributed by atoms with van der Waals surface area (Å²) in [6.07, 6.45) is 0.965. The molecular formula is C17H20N2O4S. The molecule has 0 unspecified atom stereocenters. The maximum atomic E-state index is 11.7. The Morgan fingerprint density at radius 1 is 1.00 bits per heavy atom. The van der Waals surface area contributed by atoms with Gasteiger partial charge in [0.2, 0.25) is 5.91 Å². The number of para-hydroxylation sites is 2. The van der Waals surface area contributed by atoms with Crippen LogP contribution in [-0.2, 0) is 16.0 Å². The average molecular weight is 348 g/mol. The third-order valence-corrected chi connectivity index (χ3v) is 3.96. The quantitative estimate of drug-likeness (QED) is 0.718. The second kappa shape index (κ2) is 9.57. The van der Waals surface area contributed by atoms with Crippen LogP contribution < -0.4 is 20.3 Å². The fraction of sp³-hybridized carbons (Fsp3) is 0.294. The number of aryl methyl sites for hydroxylation is 1. The van der Waals surface area contributed by atoms with Crippen molar-refractivity contribution >= 4 is 23.2 Å². The molecule has 1 aromatic heterocycles. The minimum absolute atomic E-state index is 0.213. The van der Waals surface area contributed by atoms with Gasteiger partial charge in [-0.05, 0) is 36.9 Å². The van der Waals surface area contributed by atoms with Gasteiger partial charge < -0.3 is 9.47 Å². The van der Waals surface area contributed by atoms with Gasteiger partial charge in [-0.25, -0.2) is 0 Å². The molecule has 24 heavy (non-hydrogen) atoms. The van der Waals surface area contributed by atoms with E-state index in [-0.39, 0.29) is 12.5 Å². The van der Waals surface area contributed by atoms with Gasteiger partial charge in [0.1, 0.15) is 0 Å². The maximum absolute atomic E-state index is 11.7. The molecule has 2 N–H and O–H groups in total. The normalized spacial score (nSPS) is 10.0. The van der Waals surface area contributed by atoms with Crippen molar-refractivity contribution in [2.45, 2.75) is 19.8 Å². The van der Waals surface area contributed by atoms with Crippen molar-refractivity contribution in [1.29, 1.82) is 0 Å². The molecule has 128 valence electrons. The Bertz CT molecular complexity index is 658. The zero-order chi connectivity index (χ0) is 17.2. The van der Waals surface area contributed by atoms with Crippen molar-refractivity contribution in [2.75, 3.05) is 13.2 Å². The first-order valence-corrected chi connectivity index (χ1v) is 8.51. The van der Waals surface area contributed by atoms with E-state index < -0.39 is 5.91 Å². The van der Waals surface area contributed by atoms with Gasteiger partial charge in [-0.1, -0.05) is 18.2 Å². The molecule has 7 heteroatoms. The van der Waals surface area contributed by atoms with Crippen LogP contribution in [0.2, 0.25) is 0 Å². The van der Waals surface area contributed by atoms with Crippen molar-refractivity contribution < 1.29 is 19.1 Å². The molecule has 6 nitrogen and oxygen atoms in total. The van der Waals surface area contributed by atoms with Gasteiger partial charge in [0.15, 0.2) is 18.1 Å². The Morgan fingerprint density at radius 2 is 1.71 bits per heavy atom.